The summed E-state index contributed by atoms with van der Waals surface area (Å²) in [6.07, 6.45) is 3.12. The number of rotatable bonds is 6. The van der Waals surface area contributed by atoms with Crippen molar-refractivity contribution in [2.75, 3.05) is 11.9 Å². The van der Waals surface area contributed by atoms with Crippen molar-refractivity contribution in [3.8, 4) is 0 Å². The van der Waals surface area contributed by atoms with Crippen LogP contribution in [0.3, 0.4) is 0 Å². The van der Waals surface area contributed by atoms with E-state index in [0.29, 0.717) is 12.5 Å². The zero-order chi connectivity index (χ0) is 14.7. The fraction of sp³-hybridized carbons (Fsp3) is 0.533. The zero-order valence-electron chi connectivity index (χ0n) is 11.8. The lowest BCUT2D eigenvalue weighted by Crippen LogP contribution is -2.27. The molecule has 1 aromatic rings. The van der Waals surface area contributed by atoms with Crippen molar-refractivity contribution < 1.29 is 13.6 Å². The van der Waals surface area contributed by atoms with Crippen molar-refractivity contribution in [3.05, 3.63) is 29.3 Å². The summed E-state index contributed by atoms with van der Waals surface area (Å²) >= 11 is 0. The summed E-state index contributed by atoms with van der Waals surface area (Å²) in [6.45, 7) is 4.27. The minimum atomic E-state index is -0.738. The normalized spacial score (nSPS) is 20.6. The standard InChI is InChI=1S/C15H20F2N2O/c1-3-5-9-8-13(9)19-15(20)10-6-11(16)14(18-4-2)12(17)7-10/h6-7,9,13,18H,3-5,8H2,1-2H3,(H,19,20). The van der Waals surface area contributed by atoms with Crippen molar-refractivity contribution in [1.82, 2.24) is 5.32 Å². The summed E-state index contributed by atoms with van der Waals surface area (Å²) in [6, 6.07) is 2.31. The minimum Gasteiger partial charge on any atom is -0.381 e. The van der Waals surface area contributed by atoms with Gasteiger partial charge in [0.15, 0.2) is 0 Å². The predicted molar refractivity (Wildman–Crippen MR) is 74.8 cm³/mol. The molecule has 1 fully saturated rings. The highest BCUT2D eigenvalue weighted by molar-refractivity contribution is 5.95. The molecule has 110 valence electrons. The van der Waals surface area contributed by atoms with Gasteiger partial charge in [-0.25, -0.2) is 8.78 Å². The molecule has 3 nitrogen and oxygen atoms in total. The molecule has 2 N–H and O–H groups in total. The van der Waals surface area contributed by atoms with Crippen molar-refractivity contribution in [1.29, 1.82) is 0 Å². The number of carbonyl (C=O) groups excluding carboxylic acids is 1. The Morgan fingerprint density at radius 1 is 1.30 bits per heavy atom. The molecule has 0 bridgehead atoms. The Morgan fingerprint density at radius 2 is 1.95 bits per heavy atom. The number of halogens is 2. The molecule has 1 amide bonds. The monoisotopic (exact) mass is 282 g/mol. The number of nitrogens with one attached hydrogen (secondary N) is 2. The smallest absolute Gasteiger partial charge is 0.251 e. The molecule has 0 aromatic heterocycles. The quantitative estimate of drug-likeness (QED) is 0.840. The van der Waals surface area contributed by atoms with Crippen LogP contribution >= 0.6 is 0 Å². The summed E-state index contributed by atoms with van der Waals surface area (Å²) in [5.41, 5.74) is -0.150. The molecule has 1 saturated carbocycles. The SMILES string of the molecule is CCCC1CC1NC(=O)c1cc(F)c(NCC)c(F)c1. The molecule has 5 heteroatoms. The zero-order valence-corrected chi connectivity index (χ0v) is 11.8. The first-order valence-corrected chi connectivity index (χ1v) is 7.10. The van der Waals surface area contributed by atoms with Gasteiger partial charge >= 0.3 is 0 Å². The van der Waals surface area contributed by atoms with Crippen LogP contribution in [0, 0.1) is 17.6 Å². The Bertz CT molecular complexity index is 482. The summed E-state index contributed by atoms with van der Waals surface area (Å²) in [5, 5.41) is 5.42. The molecule has 0 radical (unpaired) electrons. The van der Waals surface area contributed by atoms with Crippen LogP contribution in [0.2, 0.25) is 0 Å². The molecule has 2 atom stereocenters. The number of amides is 1. The molecule has 2 unspecified atom stereocenters. The van der Waals surface area contributed by atoms with Crippen LogP contribution in [0.25, 0.3) is 0 Å². The van der Waals surface area contributed by atoms with Gasteiger partial charge in [-0.3, -0.25) is 4.79 Å². The fourth-order valence-corrected chi connectivity index (χ4v) is 2.42. The van der Waals surface area contributed by atoms with Gasteiger partial charge in [0.05, 0.1) is 0 Å². The van der Waals surface area contributed by atoms with E-state index in [9.17, 15) is 13.6 Å². The van der Waals surface area contributed by atoms with Gasteiger partial charge in [0.1, 0.15) is 17.3 Å². The van der Waals surface area contributed by atoms with E-state index in [-0.39, 0.29) is 17.3 Å². The first kappa shape index (κ1) is 14.8. The average molecular weight is 282 g/mol. The van der Waals surface area contributed by atoms with Crippen molar-refractivity contribution in [2.24, 2.45) is 5.92 Å². The van der Waals surface area contributed by atoms with Crippen molar-refractivity contribution in [2.45, 2.75) is 39.2 Å². The second-order valence-electron chi connectivity index (χ2n) is 5.21. The molecule has 0 spiro atoms. The number of hydrogen-bond acceptors (Lipinski definition) is 2. The van der Waals surface area contributed by atoms with E-state index in [4.69, 9.17) is 0 Å². The van der Waals surface area contributed by atoms with Crippen LogP contribution in [-0.4, -0.2) is 18.5 Å². The van der Waals surface area contributed by atoms with Crippen molar-refractivity contribution in [3.63, 3.8) is 0 Å². The first-order chi connectivity index (χ1) is 9.56. The maximum Gasteiger partial charge on any atom is 0.251 e. The molecule has 2 rings (SSSR count). The van der Waals surface area contributed by atoms with E-state index in [0.717, 1.165) is 31.4 Å². The summed E-state index contributed by atoms with van der Waals surface area (Å²) in [7, 11) is 0. The lowest BCUT2D eigenvalue weighted by atomic mass is 10.1. The van der Waals surface area contributed by atoms with E-state index >= 15 is 0 Å². The largest absolute Gasteiger partial charge is 0.381 e. The molecule has 0 heterocycles. The predicted octanol–water partition coefficient (Wildman–Crippen LogP) is 3.32. The topological polar surface area (TPSA) is 41.1 Å². The van der Waals surface area contributed by atoms with Gasteiger partial charge in [-0.15, -0.1) is 0 Å². The lowest BCUT2D eigenvalue weighted by Gasteiger charge is -2.09. The highest BCUT2D eigenvalue weighted by atomic mass is 19.1. The van der Waals surface area contributed by atoms with Gasteiger partial charge in [-0.05, 0) is 37.8 Å². The van der Waals surface area contributed by atoms with E-state index in [1.807, 2.05) is 0 Å². The second kappa shape index (κ2) is 6.20. The second-order valence-corrected chi connectivity index (χ2v) is 5.21. The van der Waals surface area contributed by atoms with Gasteiger partial charge in [0.25, 0.3) is 5.91 Å². The molecule has 1 aliphatic rings. The molecule has 1 aromatic carbocycles. The molecule has 1 aliphatic carbocycles. The van der Waals surface area contributed by atoms with Gasteiger partial charge in [-0.2, -0.15) is 0 Å². The maximum absolute atomic E-state index is 13.7. The molecular formula is C15H20F2N2O. The van der Waals surface area contributed by atoms with Crippen LogP contribution in [-0.2, 0) is 0 Å². The number of benzene rings is 1. The van der Waals surface area contributed by atoms with Crippen LogP contribution in [0.15, 0.2) is 12.1 Å². The van der Waals surface area contributed by atoms with Crippen LogP contribution in [0.5, 0.6) is 0 Å². The summed E-state index contributed by atoms with van der Waals surface area (Å²) in [5.74, 6) is -1.37. The summed E-state index contributed by atoms with van der Waals surface area (Å²) < 4.78 is 27.5. The molecule has 0 saturated heterocycles. The third-order valence-electron chi connectivity index (χ3n) is 3.56. The molecular weight excluding hydrogens is 262 g/mol. The summed E-state index contributed by atoms with van der Waals surface area (Å²) in [4.78, 5) is 12.0. The van der Waals surface area contributed by atoms with Gasteiger partial charge in [0.2, 0.25) is 0 Å². The van der Waals surface area contributed by atoms with Crippen LogP contribution in [0.4, 0.5) is 14.5 Å². The average Bonchev–Trinajstić information content (AvgIpc) is 3.12. The minimum absolute atomic E-state index is 0.0313. The third-order valence-corrected chi connectivity index (χ3v) is 3.56. The van der Waals surface area contributed by atoms with Crippen molar-refractivity contribution >= 4 is 11.6 Å². The highest BCUT2D eigenvalue weighted by Gasteiger charge is 2.37. The lowest BCUT2D eigenvalue weighted by molar-refractivity contribution is 0.0948. The van der Waals surface area contributed by atoms with Gasteiger partial charge in [0, 0.05) is 18.2 Å². The maximum atomic E-state index is 13.7. The molecule has 0 aliphatic heterocycles. The number of carbonyl (C=O) groups is 1. The number of anilines is 1. The van der Waals surface area contributed by atoms with E-state index in [1.54, 1.807) is 6.92 Å². The Hall–Kier alpha value is -1.65. The van der Waals surface area contributed by atoms with Gasteiger partial charge in [-0.1, -0.05) is 13.3 Å². The van der Waals surface area contributed by atoms with E-state index < -0.39 is 17.5 Å². The Balaban J connectivity index is 2.04. The Kier molecular flexibility index (Phi) is 4.57. The third kappa shape index (κ3) is 3.26. The molecule has 20 heavy (non-hydrogen) atoms. The fourth-order valence-electron chi connectivity index (χ4n) is 2.42. The van der Waals surface area contributed by atoms with Gasteiger partial charge < -0.3 is 10.6 Å². The van der Waals surface area contributed by atoms with E-state index in [2.05, 4.69) is 17.6 Å². The first-order valence-electron chi connectivity index (χ1n) is 7.10. The van der Waals surface area contributed by atoms with Crippen LogP contribution < -0.4 is 10.6 Å². The number of hydrogen-bond donors (Lipinski definition) is 2. The Labute approximate surface area is 117 Å². The van der Waals surface area contributed by atoms with E-state index in [1.165, 1.54) is 0 Å². The highest BCUT2D eigenvalue weighted by Crippen LogP contribution is 2.34. The van der Waals surface area contributed by atoms with Crippen LogP contribution in [0.1, 0.15) is 43.5 Å². The Morgan fingerprint density at radius 3 is 2.50 bits per heavy atom.